The predicted octanol–water partition coefficient (Wildman–Crippen LogP) is 5.41. The van der Waals surface area contributed by atoms with Gasteiger partial charge in [-0.3, -0.25) is 0 Å². The Morgan fingerprint density at radius 2 is 1.68 bits per heavy atom. The van der Waals surface area contributed by atoms with Crippen LogP contribution in [0.5, 0.6) is 0 Å². The van der Waals surface area contributed by atoms with E-state index in [1.807, 2.05) is 19.1 Å². The standard InChI is InChI=1S/C14H11Br2F2N/c1-8-4-11(15)14(12(16)5-8)19-7-9-2-3-10(17)6-13(9)18/h2-6,19H,7H2,1H3. The summed E-state index contributed by atoms with van der Waals surface area (Å²) in [7, 11) is 0. The fourth-order valence-corrected chi connectivity index (χ4v) is 3.41. The molecule has 0 aliphatic rings. The summed E-state index contributed by atoms with van der Waals surface area (Å²) in [6.07, 6.45) is 0. The molecule has 2 rings (SSSR count). The summed E-state index contributed by atoms with van der Waals surface area (Å²) in [6, 6.07) is 7.51. The van der Waals surface area contributed by atoms with Gasteiger partial charge in [-0.2, -0.15) is 0 Å². The number of rotatable bonds is 3. The Bertz CT molecular complexity index is 591. The van der Waals surface area contributed by atoms with Gasteiger partial charge in [-0.25, -0.2) is 8.78 Å². The number of halogens is 4. The Balaban J connectivity index is 2.19. The highest BCUT2D eigenvalue weighted by molar-refractivity contribution is 9.11. The van der Waals surface area contributed by atoms with Crippen LogP contribution in [0.1, 0.15) is 11.1 Å². The maximum atomic E-state index is 13.5. The quantitative estimate of drug-likeness (QED) is 0.738. The molecule has 0 aromatic heterocycles. The molecule has 0 spiro atoms. The minimum atomic E-state index is -0.570. The zero-order valence-corrected chi connectivity index (χ0v) is 13.3. The van der Waals surface area contributed by atoms with E-state index in [-0.39, 0.29) is 6.54 Å². The maximum absolute atomic E-state index is 13.5. The Morgan fingerprint density at radius 1 is 1.05 bits per heavy atom. The molecular weight excluding hydrogens is 380 g/mol. The van der Waals surface area contributed by atoms with Crippen LogP contribution in [0.2, 0.25) is 0 Å². The summed E-state index contributed by atoms with van der Waals surface area (Å²) in [5.74, 6) is -1.12. The molecule has 2 aromatic rings. The van der Waals surface area contributed by atoms with Gasteiger partial charge in [-0.05, 0) is 62.5 Å². The van der Waals surface area contributed by atoms with Crippen molar-refractivity contribution >= 4 is 37.5 Å². The summed E-state index contributed by atoms with van der Waals surface area (Å²) in [4.78, 5) is 0. The Morgan fingerprint density at radius 3 is 2.26 bits per heavy atom. The zero-order chi connectivity index (χ0) is 14.0. The van der Waals surface area contributed by atoms with E-state index in [0.717, 1.165) is 26.3 Å². The van der Waals surface area contributed by atoms with Crippen LogP contribution < -0.4 is 5.32 Å². The van der Waals surface area contributed by atoms with Crippen LogP contribution in [0.4, 0.5) is 14.5 Å². The highest BCUT2D eigenvalue weighted by atomic mass is 79.9. The first kappa shape index (κ1) is 14.5. The van der Waals surface area contributed by atoms with E-state index in [0.29, 0.717) is 5.56 Å². The van der Waals surface area contributed by atoms with Crippen molar-refractivity contribution in [1.29, 1.82) is 0 Å². The maximum Gasteiger partial charge on any atom is 0.131 e. The van der Waals surface area contributed by atoms with Gasteiger partial charge in [0.1, 0.15) is 11.6 Å². The molecular formula is C14H11Br2F2N. The van der Waals surface area contributed by atoms with Gasteiger partial charge < -0.3 is 5.32 Å². The minimum absolute atomic E-state index is 0.284. The largest absolute Gasteiger partial charge is 0.379 e. The van der Waals surface area contributed by atoms with Crippen molar-refractivity contribution in [1.82, 2.24) is 0 Å². The number of nitrogens with one attached hydrogen (secondary N) is 1. The molecule has 0 unspecified atom stereocenters. The van der Waals surface area contributed by atoms with Gasteiger partial charge in [0, 0.05) is 27.1 Å². The molecule has 1 N–H and O–H groups in total. The summed E-state index contributed by atoms with van der Waals surface area (Å²) < 4.78 is 28.1. The van der Waals surface area contributed by atoms with E-state index in [1.165, 1.54) is 12.1 Å². The normalized spacial score (nSPS) is 10.6. The molecule has 0 saturated heterocycles. The van der Waals surface area contributed by atoms with Crippen molar-refractivity contribution in [2.75, 3.05) is 5.32 Å². The Labute approximate surface area is 127 Å². The first-order valence-electron chi connectivity index (χ1n) is 5.61. The fourth-order valence-electron chi connectivity index (χ4n) is 1.72. The van der Waals surface area contributed by atoms with Crippen LogP contribution >= 0.6 is 31.9 Å². The molecule has 5 heteroatoms. The van der Waals surface area contributed by atoms with Crippen LogP contribution in [0.25, 0.3) is 0 Å². The van der Waals surface area contributed by atoms with Crippen molar-refractivity contribution in [3.05, 3.63) is 62.0 Å². The lowest BCUT2D eigenvalue weighted by Crippen LogP contribution is -2.03. The van der Waals surface area contributed by atoms with Crippen molar-refractivity contribution in [3.8, 4) is 0 Å². The number of hydrogen-bond donors (Lipinski definition) is 1. The molecule has 1 nitrogen and oxygen atoms in total. The summed E-state index contributed by atoms with van der Waals surface area (Å²) in [5.41, 5.74) is 2.37. The summed E-state index contributed by atoms with van der Waals surface area (Å²) in [6.45, 7) is 2.27. The minimum Gasteiger partial charge on any atom is -0.379 e. The second-order valence-electron chi connectivity index (χ2n) is 4.19. The SMILES string of the molecule is Cc1cc(Br)c(NCc2ccc(F)cc2F)c(Br)c1. The van der Waals surface area contributed by atoms with Gasteiger partial charge in [0.25, 0.3) is 0 Å². The first-order valence-corrected chi connectivity index (χ1v) is 7.19. The van der Waals surface area contributed by atoms with Gasteiger partial charge in [0.05, 0.1) is 5.69 Å². The number of anilines is 1. The van der Waals surface area contributed by atoms with Gasteiger partial charge in [0.2, 0.25) is 0 Å². The lowest BCUT2D eigenvalue weighted by atomic mass is 10.2. The van der Waals surface area contributed by atoms with Crippen LogP contribution in [0, 0.1) is 18.6 Å². The fraction of sp³-hybridized carbons (Fsp3) is 0.143. The van der Waals surface area contributed by atoms with E-state index >= 15 is 0 Å². The average Bonchev–Trinajstić information content (AvgIpc) is 2.30. The van der Waals surface area contributed by atoms with E-state index in [4.69, 9.17) is 0 Å². The van der Waals surface area contributed by atoms with Gasteiger partial charge in [-0.15, -0.1) is 0 Å². The number of hydrogen-bond acceptors (Lipinski definition) is 1. The zero-order valence-electron chi connectivity index (χ0n) is 10.1. The highest BCUT2D eigenvalue weighted by Gasteiger charge is 2.08. The molecule has 0 aliphatic carbocycles. The molecule has 0 amide bonds. The third kappa shape index (κ3) is 3.54. The molecule has 0 fully saturated rings. The first-order chi connectivity index (χ1) is 8.97. The molecule has 19 heavy (non-hydrogen) atoms. The number of aryl methyl sites for hydroxylation is 1. The van der Waals surface area contributed by atoms with E-state index in [9.17, 15) is 8.78 Å². The predicted molar refractivity (Wildman–Crippen MR) is 80.3 cm³/mol. The lowest BCUT2D eigenvalue weighted by molar-refractivity contribution is 0.574. The number of benzene rings is 2. The van der Waals surface area contributed by atoms with Crippen LogP contribution in [-0.4, -0.2) is 0 Å². The van der Waals surface area contributed by atoms with Crippen LogP contribution in [0.3, 0.4) is 0 Å². The lowest BCUT2D eigenvalue weighted by Gasteiger charge is -2.12. The Hall–Kier alpha value is -0.940. The van der Waals surface area contributed by atoms with Crippen LogP contribution in [-0.2, 0) is 6.54 Å². The second-order valence-corrected chi connectivity index (χ2v) is 5.90. The molecule has 2 aromatic carbocycles. The average molecular weight is 391 g/mol. The summed E-state index contributed by atoms with van der Waals surface area (Å²) in [5, 5.41) is 3.13. The van der Waals surface area contributed by atoms with Gasteiger partial charge >= 0.3 is 0 Å². The summed E-state index contributed by atoms with van der Waals surface area (Å²) >= 11 is 6.91. The van der Waals surface area contributed by atoms with Gasteiger partial charge in [-0.1, -0.05) is 6.07 Å². The van der Waals surface area contributed by atoms with E-state index in [1.54, 1.807) is 0 Å². The molecule has 0 atom stereocenters. The van der Waals surface area contributed by atoms with E-state index < -0.39 is 11.6 Å². The molecule has 100 valence electrons. The topological polar surface area (TPSA) is 12.0 Å². The van der Waals surface area contributed by atoms with Gasteiger partial charge in [0.15, 0.2) is 0 Å². The third-order valence-electron chi connectivity index (χ3n) is 2.66. The smallest absolute Gasteiger partial charge is 0.131 e. The van der Waals surface area contributed by atoms with Crippen LogP contribution in [0.15, 0.2) is 39.3 Å². The molecule has 0 aliphatic heterocycles. The van der Waals surface area contributed by atoms with E-state index in [2.05, 4.69) is 37.2 Å². The molecule has 0 heterocycles. The highest BCUT2D eigenvalue weighted by Crippen LogP contribution is 2.32. The second kappa shape index (κ2) is 6.01. The van der Waals surface area contributed by atoms with Crippen molar-refractivity contribution in [3.63, 3.8) is 0 Å². The third-order valence-corrected chi connectivity index (χ3v) is 3.91. The monoisotopic (exact) mass is 389 g/mol. The molecule has 0 radical (unpaired) electrons. The molecule has 0 bridgehead atoms. The molecule has 0 saturated carbocycles. The van der Waals surface area contributed by atoms with Crippen molar-refractivity contribution in [2.24, 2.45) is 0 Å². The van der Waals surface area contributed by atoms with Crippen molar-refractivity contribution in [2.45, 2.75) is 13.5 Å². The Kier molecular flexibility index (Phi) is 4.58. The van der Waals surface area contributed by atoms with Crippen molar-refractivity contribution < 1.29 is 8.78 Å².